The fourth-order valence-corrected chi connectivity index (χ4v) is 2.67. The Morgan fingerprint density at radius 3 is 2.82 bits per heavy atom. The maximum Gasteiger partial charge on any atom is 0.228 e. The number of hydrogen-bond acceptors (Lipinski definition) is 3. The summed E-state index contributed by atoms with van der Waals surface area (Å²) in [6.45, 7) is 7.31. The van der Waals surface area contributed by atoms with Crippen molar-refractivity contribution in [3.05, 3.63) is 29.6 Å². The third kappa shape index (κ3) is 3.82. The second-order valence-corrected chi connectivity index (χ2v) is 5.35. The molecule has 1 aromatic rings. The molecule has 1 aromatic carbocycles. The second-order valence-electron chi connectivity index (χ2n) is 5.35. The monoisotopic (exact) mass is 307 g/mol. The molecule has 2 rings (SSSR count). The minimum atomic E-state index is -0.555. The van der Waals surface area contributed by atoms with Crippen LogP contribution >= 0.6 is 0 Å². The zero-order valence-corrected chi connectivity index (χ0v) is 13.0. The van der Waals surface area contributed by atoms with E-state index in [0.717, 1.165) is 19.6 Å². The number of nitrogens with one attached hydrogen (secondary N) is 2. The summed E-state index contributed by atoms with van der Waals surface area (Å²) in [5.74, 6) is -1.43. The van der Waals surface area contributed by atoms with E-state index in [1.165, 1.54) is 12.1 Å². The molecule has 0 saturated heterocycles. The molecule has 2 N–H and O–H groups in total. The number of halogens is 1. The van der Waals surface area contributed by atoms with Crippen molar-refractivity contribution < 1.29 is 14.0 Å². The van der Waals surface area contributed by atoms with Gasteiger partial charge in [-0.1, -0.05) is 19.9 Å². The van der Waals surface area contributed by atoms with E-state index in [-0.39, 0.29) is 18.2 Å². The van der Waals surface area contributed by atoms with Crippen molar-refractivity contribution in [1.29, 1.82) is 0 Å². The van der Waals surface area contributed by atoms with E-state index in [9.17, 15) is 14.0 Å². The van der Waals surface area contributed by atoms with Crippen LogP contribution in [-0.4, -0.2) is 42.9 Å². The van der Waals surface area contributed by atoms with E-state index in [4.69, 9.17) is 0 Å². The number of carbonyl (C=O) groups is 2. The zero-order chi connectivity index (χ0) is 16.1. The first-order chi connectivity index (χ1) is 10.5. The summed E-state index contributed by atoms with van der Waals surface area (Å²) < 4.78 is 13.3. The van der Waals surface area contributed by atoms with Crippen molar-refractivity contribution in [1.82, 2.24) is 10.2 Å². The molecule has 22 heavy (non-hydrogen) atoms. The minimum absolute atomic E-state index is 0.0930. The van der Waals surface area contributed by atoms with Crippen LogP contribution in [0.4, 0.5) is 10.1 Å². The SMILES string of the molecule is CCN(CC)CCNC(=O)C1CC(=O)Nc2cc(F)ccc21. The quantitative estimate of drug-likeness (QED) is 0.841. The van der Waals surface area contributed by atoms with Gasteiger partial charge in [0, 0.05) is 25.2 Å². The molecule has 2 amide bonds. The maximum atomic E-state index is 13.3. The van der Waals surface area contributed by atoms with Gasteiger partial charge in [-0.3, -0.25) is 9.59 Å². The lowest BCUT2D eigenvalue weighted by molar-refractivity contribution is -0.126. The normalized spacial score (nSPS) is 17.1. The van der Waals surface area contributed by atoms with E-state index in [1.54, 1.807) is 6.07 Å². The van der Waals surface area contributed by atoms with Gasteiger partial charge in [0.2, 0.25) is 11.8 Å². The highest BCUT2D eigenvalue weighted by Gasteiger charge is 2.30. The van der Waals surface area contributed by atoms with Crippen LogP contribution in [0.5, 0.6) is 0 Å². The predicted molar refractivity (Wildman–Crippen MR) is 83.2 cm³/mol. The third-order valence-corrected chi connectivity index (χ3v) is 3.99. The van der Waals surface area contributed by atoms with Gasteiger partial charge in [0.1, 0.15) is 5.82 Å². The van der Waals surface area contributed by atoms with Crippen molar-refractivity contribution in [2.75, 3.05) is 31.5 Å². The Morgan fingerprint density at radius 2 is 2.14 bits per heavy atom. The number of amides is 2. The summed E-state index contributed by atoms with van der Waals surface area (Å²) in [4.78, 5) is 26.3. The molecular weight excluding hydrogens is 285 g/mol. The highest BCUT2D eigenvalue weighted by atomic mass is 19.1. The molecule has 1 unspecified atom stereocenters. The number of anilines is 1. The number of carbonyl (C=O) groups excluding carboxylic acids is 2. The Labute approximate surface area is 129 Å². The smallest absolute Gasteiger partial charge is 0.228 e. The average molecular weight is 307 g/mol. The Balaban J connectivity index is 2.03. The van der Waals surface area contributed by atoms with E-state index in [0.29, 0.717) is 17.8 Å². The molecule has 0 bridgehead atoms. The minimum Gasteiger partial charge on any atom is -0.354 e. The molecule has 0 saturated carbocycles. The van der Waals surface area contributed by atoms with Gasteiger partial charge in [-0.25, -0.2) is 4.39 Å². The van der Waals surface area contributed by atoms with Gasteiger partial charge in [0.25, 0.3) is 0 Å². The van der Waals surface area contributed by atoms with Crippen LogP contribution < -0.4 is 10.6 Å². The van der Waals surface area contributed by atoms with E-state index in [1.807, 2.05) is 0 Å². The average Bonchev–Trinajstić information content (AvgIpc) is 2.50. The molecule has 120 valence electrons. The van der Waals surface area contributed by atoms with Crippen LogP contribution in [0.15, 0.2) is 18.2 Å². The highest BCUT2D eigenvalue weighted by molar-refractivity contribution is 6.01. The number of rotatable bonds is 6. The molecule has 0 aliphatic carbocycles. The first-order valence-corrected chi connectivity index (χ1v) is 7.64. The summed E-state index contributed by atoms with van der Waals surface area (Å²) in [7, 11) is 0. The molecule has 5 nitrogen and oxygen atoms in total. The molecule has 1 aliphatic rings. The molecule has 1 atom stereocenters. The summed E-state index contributed by atoms with van der Waals surface area (Å²) in [6.07, 6.45) is 0.0930. The van der Waals surface area contributed by atoms with Gasteiger partial charge < -0.3 is 15.5 Å². The van der Waals surface area contributed by atoms with Gasteiger partial charge in [0.05, 0.1) is 5.92 Å². The van der Waals surface area contributed by atoms with Crippen molar-refractivity contribution in [2.24, 2.45) is 0 Å². The standard InChI is InChI=1S/C16H22FN3O2/c1-3-20(4-2)8-7-18-16(22)13-10-15(21)19-14-9-11(17)5-6-12(13)14/h5-6,9,13H,3-4,7-8,10H2,1-2H3,(H,18,22)(H,19,21). The lowest BCUT2D eigenvalue weighted by Gasteiger charge is -2.25. The summed E-state index contributed by atoms with van der Waals surface area (Å²) in [5.41, 5.74) is 1.06. The van der Waals surface area contributed by atoms with Crippen LogP contribution in [0, 0.1) is 5.82 Å². The predicted octanol–water partition coefficient (Wildman–Crippen LogP) is 1.71. The molecule has 1 aliphatic heterocycles. The highest BCUT2D eigenvalue weighted by Crippen LogP contribution is 2.32. The molecule has 0 fully saturated rings. The Kier molecular flexibility index (Phi) is 5.49. The van der Waals surface area contributed by atoms with E-state index >= 15 is 0 Å². The fraction of sp³-hybridized carbons (Fsp3) is 0.500. The molecule has 0 radical (unpaired) electrons. The Hall–Kier alpha value is -1.95. The first-order valence-electron chi connectivity index (χ1n) is 7.64. The third-order valence-electron chi connectivity index (χ3n) is 3.99. The zero-order valence-electron chi connectivity index (χ0n) is 13.0. The Bertz CT molecular complexity index is 558. The molecule has 0 aromatic heterocycles. The van der Waals surface area contributed by atoms with Crippen molar-refractivity contribution >= 4 is 17.5 Å². The number of likely N-dealkylation sites (N-methyl/N-ethyl adjacent to an activating group) is 1. The lowest BCUT2D eigenvalue weighted by Crippen LogP contribution is -2.39. The first kappa shape index (κ1) is 16.4. The number of benzene rings is 1. The molecule has 6 heteroatoms. The van der Waals surface area contributed by atoms with Crippen LogP contribution in [0.1, 0.15) is 31.7 Å². The van der Waals surface area contributed by atoms with Gasteiger partial charge in [0.15, 0.2) is 0 Å². The molecular formula is C16H22FN3O2. The van der Waals surface area contributed by atoms with Crippen molar-refractivity contribution in [2.45, 2.75) is 26.2 Å². The second kappa shape index (κ2) is 7.35. The van der Waals surface area contributed by atoms with Crippen molar-refractivity contribution in [3.63, 3.8) is 0 Å². The van der Waals surface area contributed by atoms with Crippen LogP contribution in [0.2, 0.25) is 0 Å². The fourth-order valence-electron chi connectivity index (χ4n) is 2.67. The van der Waals surface area contributed by atoms with Crippen LogP contribution in [-0.2, 0) is 9.59 Å². The number of fused-ring (bicyclic) bond motifs is 1. The molecule has 1 heterocycles. The van der Waals surface area contributed by atoms with Gasteiger partial charge in [-0.15, -0.1) is 0 Å². The number of hydrogen-bond donors (Lipinski definition) is 2. The summed E-state index contributed by atoms with van der Waals surface area (Å²) >= 11 is 0. The van der Waals surface area contributed by atoms with Crippen LogP contribution in [0.25, 0.3) is 0 Å². The molecule has 0 spiro atoms. The van der Waals surface area contributed by atoms with Gasteiger partial charge >= 0.3 is 0 Å². The lowest BCUT2D eigenvalue weighted by atomic mass is 9.89. The Morgan fingerprint density at radius 1 is 1.41 bits per heavy atom. The van der Waals surface area contributed by atoms with Gasteiger partial charge in [-0.2, -0.15) is 0 Å². The van der Waals surface area contributed by atoms with E-state index in [2.05, 4.69) is 29.4 Å². The largest absolute Gasteiger partial charge is 0.354 e. The topological polar surface area (TPSA) is 61.4 Å². The van der Waals surface area contributed by atoms with Crippen LogP contribution in [0.3, 0.4) is 0 Å². The van der Waals surface area contributed by atoms with E-state index < -0.39 is 11.7 Å². The number of nitrogens with zero attached hydrogens (tertiary/aromatic N) is 1. The summed E-state index contributed by atoms with van der Waals surface area (Å²) in [6, 6.07) is 4.13. The summed E-state index contributed by atoms with van der Waals surface area (Å²) in [5, 5.41) is 5.48. The van der Waals surface area contributed by atoms with Crippen molar-refractivity contribution in [3.8, 4) is 0 Å². The maximum absolute atomic E-state index is 13.3. The van der Waals surface area contributed by atoms with Gasteiger partial charge in [-0.05, 0) is 30.8 Å².